The molecular formula is C17H19N3. The standard InChI is InChI=1S/C17H19N3/c1-19(2)17-6-3-5-13-11-14(8-9-15(13)17)16-7-4-10-20(16)12-18/h3,5-6,8-9,11,16H,4,7,10H2,1-2H3/t16-/m0/s1. The Morgan fingerprint density at radius 1 is 1.25 bits per heavy atom. The Morgan fingerprint density at radius 3 is 2.85 bits per heavy atom. The molecule has 1 aliphatic rings. The van der Waals surface area contributed by atoms with Gasteiger partial charge in [0.05, 0.1) is 6.04 Å². The van der Waals surface area contributed by atoms with Gasteiger partial charge in [-0.05, 0) is 35.9 Å². The van der Waals surface area contributed by atoms with Crippen molar-refractivity contribution < 1.29 is 0 Å². The number of fused-ring (bicyclic) bond motifs is 1. The number of rotatable bonds is 2. The Morgan fingerprint density at radius 2 is 2.10 bits per heavy atom. The molecular weight excluding hydrogens is 246 g/mol. The highest BCUT2D eigenvalue weighted by Gasteiger charge is 2.25. The fourth-order valence-electron chi connectivity index (χ4n) is 3.12. The predicted octanol–water partition coefficient (Wildman–Crippen LogP) is 3.52. The minimum atomic E-state index is 0.257. The molecule has 1 aliphatic heterocycles. The van der Waals surface area contributed by atoms with E-state index in [0.29, 0.717) is 0 Å². The summed E-state index contributed by atoms with van der Waals surface area (Å²) in [5, 5.41) is 11.7. The van der Waals surface area contributed by atoms with E-state index in [2.05, 4.69) is 61.6 Å². The third-order valence-electron chi connectivity index (χ3n) is 4.13. The monoisotopic (exact) mass is 265 g/mol. The summed E-state index contributed by atoms with van der Waals surface area (Å²) >= 11 is 0. The second-order valence-corrected chi connectivity index (χ2v) is 5.60. The molecule has 3 nitrogen and oxygen atoms in total. The van der Waals surface area contributed by atoms with Crippen molar-refractivity contribution in [3.63, 3.8) is 0 Å². The first-order valence-electron chi connectivity index (χ1n) is 7.07. The fourth-order valence-corrected chi connectivity index (χ4v) is 3.12. The van der Waals surface area contributed by atoms with Gasteiger partial charge >= 0.3 is 0 Å². The molecule has 3 rings (SSSR count). The second kappa shape index (κ2) is 5.05. The molecule has 102 valence electrons. The summed E-state index contributed by atoms with van der Waals surface area (Å²) in [5.41, 5.74) is 2.49. The number of likely N-dealkylation sites (tertiary alicyclic amines) is 1. The third kappa shape index (κ3) is 2.08. The average molecular weight is 265 g/mol. The molecule has 0 amide bonds. The van der Waals surface area contributed by atoms with Crippen molar-refractivity contribution >= 4 is 16.5 Å². The number of benzene rings is 2. The molecule has 20 heavy (non-hydrogen) atoms. The first-order valence-corrected chi connectivity index (χ1v) is 7.07. The van der Waals surface area contributed by atoms with E-state index in [-0.39, 0.29) is 6.04 Å². The van der Waals surface area contributed by atoms with Crippen LogP contribution in [0, 0.1) is 11.5 Å². The summed E-state index contributed by atoms with van der Waals surface area (Å²) in [6.45, 7) is 0.886. The van der Waals surface area contributed by atoms with E-state index in [1.54, 1.807) is 0 Å². The molecule has 3 heteroatoms. The molecule has 1 saturated heterocycles. The van der Waals surface area contributed by atoms with E-state index in [9.17, 15) is 5.26 Å². The summed E-state index contributed by atoms with van der Waals surface area (Å²) in [7, 11) is 4.13. The average Bonchev–Trinajstić information content (AvgIpc) is 2.94. The zero-order valence-electron chi connectivity index (χ0n) is 12.0. The van der Waals surface area contributed by atoms with Gasteiger partial charge in [-0.2, -0.15) is 5.26 Å². The van der Waals surface area contributed by atoms with Crippen molar-refractivity contribution in [3.05, 3.63) is 42.0 Å². The van der Waals surface area contributed by atoms with E-state index in [4.69, 9.17) is 0 Å². The van der Waals surface area contributed by atoms with E-state index in [1.807, 2.05) is 4.90 Å². The van der Waals surface area contributed by atoms with Gasteiger partial charge in [0.25, 0.3) is 0 Å². The van der Waals surface area contributed by atoms with Crippen LogP contribution >= 0.6 is 0 Å². The van der Waals surface area contributed by atoms with Crippen molar-refractivity contribution in [2.75, 3.05) is 25.5 Å². The van der Waals surface area contributed by atoms with E-state index >= 15 is 0 Å². The Labute approximate surface area is 120 Å². The van der Waals surface area contributed by atoms with Crippen molar-refractivity contribution in [3.8, 4) is 6.19 Å². The highest BCUT2D eigenvalue weighted by atomic mass is 15.2. The number of hydrogen-bond acceptors (Lipinski definition) is 3. The van der Waals surface area contributed by atoms with Gasteiger partial charge in [0.2, 0.25) is 0 Å². The van der Waals surface area contributed by atoms with Crippen LogP contribution in [-0.4, -0.2) is 25.5 Å². The summed E-state index contributed by atoms with van der Waals surface area (Å²) in [6, 6.07) is 13.2. The molecule has 0 N–H and O–H groups in total. The van der Waals surface area contributed by atoms with Gasteiger partial charge in [0.1, 0.15) is 0 Å². The smallest absolute Gasteiger partial charge is 0.179 e. The van der Waals surface area contributed by atoms with Crippen molar-refractivity contribution in [1.29, 1.82) is 5.26 Å². The Kier molecular flexibility index (Phi) is 3.23. The van der Waals surface area contributed by atoms with Crippen molar-refractivity contribution in [2.45, 2.75) is 18.9 Å². The molecule has 0 bridgehead atoms. The first kappa shape index (κ1) is 12.8. The molecule has 0 aromatic heterocycles. The summed E-state index contributed by atoms with van der Waals surface area (Å²) in [6.07, 6.45) is 4.50. The summed E-state index contributed by atoms with van der Waals surface area (Å²) < 4.78 is 0. The van der Waals surface area contributed by atoms with Gasteiger partial charge in [-0.3, -0.25) is 0 Å². The van der Waals surface area contributed by atoms with Crippen LogP contribution in [0.5, 0.6) is 0 Å². The summed E-state index contributed by atoms with van der Waals surface area (Å²) in [4.78, 5) is 4.04. The van der Waals surface area contributed by atoms with Crippen LogP contribution in [0.25, 0.3) is 10.8 Å². The Balaban J connectivity index is 2.06. The predicted molar refractivity (Wildman–Crippen MR) is 82.6 cm³/mol. The number of nitrogens with zero attached hydrogens (tertiary/aromatic N) is 3. The van der Waals surface area contributed by atoms with Crippen LogP contribution in [0.3, 0.4) is 0 Å². The number of anilines is 1. The van der Waals surface area contributed by atoms with Crippen LogP contribution in [0.15, 0.2) is 36.4 Å². The third-order valence-corrected chi connectivity index (χ3v) is 4.13. The maximum Gasteiger partial charge on any atom is 0.179 e. The highest BCUT2D eigenvalue weighted by Crippen LogP contribution is 2.34. The van der Waals surface area contributed by atoms with Gasteiger partial charge in [-0.1, -0.05) is 24.3 Å². The highest BCUT2D eigenvalue weighted by molar-refractivity contribution is 5.94. The van der Waals surface area contributed by atoms with E-state index in [0.717, 1.165) is 19.4 Å². The molecule has 1 heterocycles. The largest absolute Gasteiger partial charge is 0.377 e. The summed E-state index contributed by atoms with van der Waals surface area (Å²) in [5.74, 6) is 0. The number of nitriles is 1. The first-order chi connectivity index (χ1) is 9.70. The van der Waals surface area contributed by atoms with Crippen LogP contribution in [0.1, 0.15) is 24.4 Å². The molecule has 0 aliphatic carbocycles. The molecule has 0 radical (unpaired) electrons. The lowest BCUT2D eigenvalue weighted by molar-refractivity contribution is 0.374. The number of hydrogen-bond donors (Lipinski definition) is 0. The molecule has 2 aromatic rings. The minimum absolute atomic E-state index is 0.257. The van der Waals surface area contributed by atoms with Gasteiger partial charge in [0.15, 0.2) is 6.19 Å². The molecule has 0 saturated carbocycles. The fraction of sp³-hybridized carbons (Fsp3) is 0.353. The van der Waals surface area contributed by atoms with E-state index in [1.165, 1.54) is 22.0 Å². The Bertz CT molecular complexity index is 669. The van der Waals surface area contributed by atoms with Crippen molar-refractivity contribution in [2.24, 2.45) is 0 Å². The molecule has 1 atom stereocenters. The van der Waals surface area contributed by atoms with Gasteiger partial charge in [-0.25, -0.2) is 0 Å². The van der Waals surface area contributed by atoms with Gasteiger partial charge in [0, 0.05) is 31.7 Å². The second-order valence-electron chi connectivity index (χ2n) is 5.60. The SMILES string of the molecule is CN(C)c1cccc2cc([C@@H]3CCCN3C#N)ccc12. The van der Waals surface area contributed by atoms with Gasteiger partial charge < -0.3 is 9.80 Å². The molecule has 1 fully saturated rings. The van der Waals surface area contributed by atoms with Crippen LogP contribution in [0.2, 0.25) is 0 Å². The Hall–Kier alpha value is -2.21. The zero-order valence-corrected chi connectivity index (χ0v) is 12.0. The molecule has 2 aromatic carbocycles. The van der Waals surface area contributed by atoms with Crippen LogP contribution < -0.4 is 4.90 Å². The molecule has 0 spiro atoms. The maximum atomic E-state index is 9.20. The quantitative estimate of drug-likeness (QED) is 0.778. The van der Waals surface area contributed by atoms with Crippen molar-refractivity contribution in [1.82, 2.24) is 4.90 Å². The van der Waals surface area contributed by atoms with Gasteiger partial charge in [-0.15, -0.1) is 0 Å². The normalized spacial score (nSPS) is 18.2. The van der Waals surface area contributed by atoms with E-state index < -0.39 is 0 Å². The lowest BCUT2D eigenvalue weighted by Gasteiger charge is -2.20. The minimum Gasteiger partial charge on any atom is -0.377 e. The van der Waals surface area contributed by atoms with Crippen LogP contribution in [-0.2, 0) is 0 Å². The lowest BCUT2D eigenvalue weighted by Crippen LogP contribution is -2.16. The lowest BCUT2D eigenvalue weighted by atomic mass is 9.99. The maximum absolute atomic E-state index is 9.20. The molecule has 0 unspecified atom stereocenters. The zero-order chi connectivity index (χ0) is 14.1. The van der Waals surface area contributed by atoms with Crippen LogP contribution in [0.4, 0.5) is 5.69 Å². The topological polar surface area (TPSA) is 30.3 Å².